The van der Waals surface area contributed by atoms with E-state index in [0.717, 1.165) is 25.0 Å². The number of anilines is 1. The molecule has 2 rings (SSSR count). The molecule has 96 valence electrons. The lowest BCUT2D eigenvalue weighted by Crippen LogP contribution is -2.30. The maximum Gasteiger partial charge on any atom is 0.244 e. The average Bonchev–Trinajstić information content (AvgIpc) is 2.89. The summed E-state index contributed by atoms with van der Waals surface area (Å²) in [6, 6.07) is 3.51. The van der Waals surface area contributed by atoms with Gasteiger partial charge in [-0.15, -0.1) is 0 Å². The second kappa shape index (κ2) is 6.16. The van der Waals surface area contributed by atoms with E-state index in [1.807, 2.05) is 6.07 Å². The molecule has 1 aliphatic rings. The normalized spacial score (nSPS) is 19.2. The highest BCUT2D eigenvalue weighted by atomic mass is 16.5. The van der Waals surface area contributed by atoms with E-state index in [2.05, 4.69) is 10.3 Å². The molecule has 1 aromatic rings. The summed E-state index contributed by atoms with van der Waals surface area (Å²) in [4.78, 5) is 15.5. The molecule has 5 nitrogen and oxygen atoms in total. The quantitative estimate of drug-likeness (QED) is 0.777. The van der Waals surface area contributed by atoms with Gasteiger partial charge in [0, 0.05) is 25.4 Å². The maximum atomic E-state index is 11.5. The zero-order valence-electron chi connectivity index (χ0n) is 10.1. The van der Waals surface area contributed by atoms with Crippen molar-refractivity contribution in [3.63, 3.8) is 0 Å². The number of nitrogens with zero attached hydrogens (tertiary/aromatic N) is 1. The third-order valence-corrected chi connectivity index (χ3v) is 2.76. The molecule has 5 heteroatoms. The van der Waals surface area contributed by atoms with Gasteiger partial charge in [0.15, 0.2) is 0 Å². The van der Waals surface area contributed by atoms with Gasteiger partial charge in [-0.1, -0.05) is 0 Å². The molecule has 0 aromatic carbocycles. The van der Waals surface area contributed by atoms with Gasteiger partial charge in [0.1, 0.15) is 5.82 Å². The predicted octanol–water partition coefficient (Wildman–Crippen LogP) is 0.972. The molecule has 0 aliphatic carbocycles. The van der Waals surface area contributed by atoms with Crippen molar-refractivity contribution < 1.29 is 9.53 Å². The first-order valence-electron chi connectivity index (χ1n) is 6.03. The van der Waals surface area contributed by atoms with Crippen molar-refractivity contribution in [2.45, 2.75) is 18.9 Å². The number of rotatable bonds is 4. The summed E-state index contributed by atoms with van der Waals surface area (Å²) in [6.45, 7) is 1.37. The molecular weight excluding hydrogens is 230 g/mol. The molecule has 1 aliphatic heterocycles. The molecule has 0 saturated carbocycles. The number of pyridine rings is 1. The molecule has 1 unspecified atom stereocenters. The van der Waals surface area contributed by atoms with Crippen molar-refractivity contribution in [1.82, 2.24) is 10.3 Å². The minimum absolute atomic E-state index is 0.123. The van der Waals surface area contributed by atoms with Crippen LogP contribution in [0.1, 0.15) is 18.4 Å². The Labute approximate surface area is 106 Å². The Morgan fingerprint density at radius 2 is 2.50 bits per heavy atom. The van der Waals surface area contributed by atoms with E-state index in [4.69, 9.17) is 10.5 Å². The molecule has 3 N–H and O–H groups in total. The predicted molar refractivity (Wildman–Crippen MR) is 69.7 cm³/mol. The zero-order valence-corrected chi connectivity index (χ0v) is 10.1. The van der Waals surface area contributed by atoms with E-state index in [-0.39, 0.29) is 12.0 Å². The summed E-state index contributed by atoms with van der Waals surface area (Å²) in [6.07, 6.45) is 7.08. The molecule has 1 atom stereocenters. The molecule has 1 fully saturated rings. The van der Waals surface area contributed by atoms with Crippen LogP contribution in [0, 0.1) is 0 Å². The number of aromatic nitrogens is 1. The van der Waals surface area contributed by atoms with Crippen LogP contribution in [-0.2, 0) is 9.53 Å². The van der Waals surface area contributed by atoms with Gasteiger partial charge in [0.25, 0.3) is 0 Å². The fourth-order valence-corrected chi connectivity index (χ4v) is 1.77. The van der Waals surface area contributed by atoms with E-state index in [1.165, 1.54) is 6.08 Å². The van der Waals surface area contributed by atoms with Gasteiger partial charge in [-0.2, -0.15) is 0 Å². The number of carbonyl (C=O) groups excluding carboxylic acids is 1. The van der Waals surface area contributed by atoms with Crippen LogP contribution in [0.15, 0.2) is 24.4 Å². The summed E-state index contributed by atoms with van der Waals surface area (Å²) in [5.41, 5.74) is 6.32. The van der Waals surface area contributed by atoms with Crippen LogP contribution in [0.5, 0.6) is 0 Å². The van der Waals surface area contributed by atoms with Crippen LogP contribution in [-0.4, -0.2) is 30.1 Å². The number of nitrogens with two attached hydrogens (primary N) is 1. The molecule has 2 heterocycles. The number of nitrogen functional groups attached to an aromatic ring is 1. The summed E-state index contributed by atoms with van der Waals surface area (Å²) < 4.78 is 5.42. The van der Waals surface area contributed by atoms with Gasteiger partial charge in [0.05, 0.1) is 6.10 Å². The second-order valence-corrected chi connectivity index (χ2v) is 4.23. The van der Waals surface area contributed by atoms with Crippen molar-refractivity contribution in [2.24, 2.45) is 0 Å². The number of hydrogen-bond donors (Lipinski definition) is 2. The number of hydrogen-bond acceptors (Lipinski definition) is 4. The van der Waals surface area contributed by atoms with E-state index in [9.17, 15) is 4.79 Å². The van der Waals surface area contributed by atoms with Crippen molar-refractivity contribution in [3.05, 3.63) is 30.0 Å². The Morgan fingerprint density at radius 1 is 1.61 bits per heavy atom. The Bertz CT molecular complexity index is 422. The van der Waals surface area contributed by atoms with Gasteiger partial charge in [-0.25, -0.2) is 4.98 Å². The molecule has 0 spiro atoms. The van der Waals surface area contributed by atoms with Crippen LogP contribution in [0.25, 0.3) is 6.08 Å². The van der Waals surface area contributed by atoms with Crippen LogP contribution in [0.4, 0.5) is 5.82 Å². The highest BCUT2D eigenvalue weighted by Crippen LogP contribution is 2.10. The number of ether oxygens (including phenoxy) is 1. The van der Waals surface area contributed by atoms with E-state index in [0.29, 0.717) is 12.4 Å². The zero-order chi connectivity index (χ0) is 12.8. The Hall–Kier alpha value is -1.88. The van der Waals surface area contributed by atoms with Crippen molar-refractivity contribution in [3.8, 4) is 0 Å². The third kappa shape index (κ3) is 3.85. The Morgan fingerprint density at radius 3 is 3.17 bits per heavy atom. The largest absolute Gasteiger partial charge is 0.384 e. The Kier molecular flexibility index (Phi) is 4.30. The fourth-order valence-electron chi connectivity index (χ4n) is 1.77. The standard InChI is InChI=1S/C13H17N3O2/c14-12-5-3-10(8-15-12)4-6-13(17)16-9-11-2-1-7-18-11/h3-6,8,11H,1-2,7,9H2,(H2,14,15)(H,16,17). The van der Waals surface area contributed by atoms with Gasteiger partial charge in [-0.05, 0) is 36.6 Å². The maximum absolute atomic E-state index is 11.5. The monoisotopic (exact) mass is 247 g/mol. The second-order valence-electron chi connectivity index (χ2n) is 4.23. The number of carbonyl (C=O) groups is 1. The molecule has 1 saturated heterocycles. The summed E-state index contributed by atoms with van der Waals surface area (Å²) in [5, 5.41) is 2.81. The van der Waals surface area contributed by atoms with Crippen LogP contribution in [0.2, 0.25) is 0 Å². The topological polar surface area (TPSA) is 77.2 Å². The van der Waals surface area contributed by atoms with Crippen LogP contribution >= 0.6 is 0 Å². The molecule has 18 heavy (non-hydrogen) atoms. The lowest BCUT2D eigenvalue weighted by atomic mass is 10.2. The first-order chi connectivity index (χ1) is 8.74. The van der Waals surface area contributed by atoms with Gasteiger partial charge < -0.3 is 15.8 Å². The number of amides is 1. The van der Waals surface area contributed by atoms with E-state index < -0.39 is 0 Å². The van der Waals surface area contributed by atoms with Gasteiger partial charge in [0.2, 0.25) is 5.91 Å². The van der Waals surface area contributed by atoms with E-state index in [1.54, 1.807) is 18.3 Å². The molecular formula is C13H17N3O2. The smallest absolute Gasteiger partial charge is 0.244 e. The van der Waals surface area contributed by atoms with Gasteiger partial charge in [-0.3, -0.25) is 4.79 Å². The molecule has 0 bridgehead atoms. The van der Waals surface area contributed by atoms with Crippen LogP contribution in [0.3, 0.4) is 0 Å². The SMILES string of the molecule is Nc1ccc(C=CC(=O)NCC2CCCO2)cn1. The minimum Gasteiger partial charge on any atom is -0.384 e. The molecule has 1 amide bonds. The van der Waals surface area contributed by atoms with Gasteiger partial charge >= 0.3 is 0 Å². The third-order valence-electron chi connectivity index (χ3n) is 2.76. The van der Waals surface area contributed by atoms with Crippen molar-refractivity contribution >= 4 is 17.8 Å². The first kappa shape index (κ1) is 12.6. The average molecular weight is 247 g/mol. The van der Waals surface area contributed by atoms with Crippen molar-refractivity contribution in [2.75, 3.05) is 18.9 Å². The van der Waals surface area contributed by atoms with Crippen LogP contribution < -0.4 is 11.1 Å². The molecule has 1 aromatic heterocycles. The molecule has 0 radical (unpaired) electrons. The number of nitrogens with one attached hydrogen (secondary N) is 1. The lowest BCUT2D eigenvalue weighted by Gasteiger charge is -2.08. The fraction of sp³-hybridized carbons (Fsp3) is 0.385. The highest BCUT2D eigenvalue weighted by Gasteiger charge is 2.15. The highest BCUT2D eigenvalue weighted by molar-refractivity contribution is 5.91. The first-order valence-corrected chi connectivity index (χ1v) is 6.03. The summed E-state index contributed by atoms with van der Waals surface area (Å²) in [5.74, 6) is 0.345. The lowest BCUT2D eigenvalue weighted by molar-refractivity contribution is -0.116. The van der Waals surface area contributed by atoms with Crippen molar-refractivity contribution in [1.29, 1.82) is 0 Å². The summed E-state index contributed by atoms with van der Waals surface area (Å²) in [7, 11) is 0. The van der Waals surface area contributed by atoms with E-state index >= 15 is 0 Å². The minimum atomic E-state index is -0.123. The summed E-state index contributed by atoms with van der Waals surface area (Å²) >= 11 is 0. The Balaban J connectivity index is 1.77.